The first-order valence-electron chi connectivity index (χ1n) is 7.62. The Bertz CT molecular complexity index is 830. The van der Waals surface area contributed by atoms with Crippen molar-refractivity contribution >= 4 is 27.4 Å². The number of esters is 1. The average Bonchev–Trinajstić information content (AvgIpc) is 2.60. The molecule has 1 N–H and O–H groups in total. The van der Waals surface area contributed by atoms with E-state index in [1.165, 1.54) is 19.2 Å². The molecule has 0 bridgehead atoms. The summed E-state index contributed by atoms with van der Waals surface area (Å²) in [6, 6.07) is 15.0. The maximum Gasteiger partial charge on any atom is 0.337 e. The summed E-state index contributed by atoms with van der Waals surface area (Å²) in [7, 11) is -2.08. The van der Waals surface area contributed by atoms with Crippen LogP contribution in [0.1, 0.15) is 22.3 Å². The monoisotopic (exact) mass is 361 g/mol. The van der Waals surface area contributed by atoms with Gasteiger partial charge in [-0.3, -0.25) is 4.79 Å². The molecule has 6 nitrogen and oxygen atoms in total. The van der Waals surface area contributed by atoms with Gasteiger partial charge in [-0.15, -0.1) is 0 Å². The van der Waals surface area contributed by atoms with E-state index in [9.17, 15) is 18.0 Å². The number of sulfone groups is 1. The standard InChI is InChI=1S/C18H19NO5S/c1-24-18(21)15-7-9-16(10-8-15)19-17(20)11-12-25(22,23)13-14-5-3-2-4-6-14/h2-10H,11-13H2,1H3,(H,19,20). The molecule has 2 rings (SSSR count). The number of hydrogen-bond acceptors (Lipinski definition) is 5. The molecule has 0 spiro atoms. The van der Waals surface area contributed by atoms with E-state index >= 15 is 0 Å². The van der Waals surface area contributed by atoms with Crippen LogP contribution in [0.15, 0.2) is 54.6 Å². The van der Waals surface area contributed by atoms with Crippen LogP contribution >= 0.6 is 0 Å². The molecule has 25 heavy (non-hydrogen) atoms. The third kappa shape index (κ3) is 6.04. The minimum atomic E-state index is -3.37. The molecule has 1 amide bonds. The number of nitrogens with one attached hydrogen (secondary N) is 1. The summed E-state index contributed by atoms with van der Waals surface area (Å²) in [5, 5.41) is 2.61. The number of methoxy groups -OCH3 is 1. The van der Waals surface area contributed by atoms with Gasteiger partial charge in [0.1, 0.15) is 0 Å². The van der Waals surface area contributed by atoms with Crippen molar-refractivity contribution in [2.75, 3.05) is 18.2 Å². The van der Waals surface area contributed by atoms with Crippen LogP contribution in [0.5, 0.6) is 0 Å². The lowest BCUT2D eigenvalue weighted by molar-refractivity contribution is -0.115. The third-order valence-electron chi connectivity index (χ3n) is 3.46. The highest BCUT2D eigenvalue weighted by atomic mass is 32.2. The number of hydrogen-bond donors (Lipinski definition) is 1. The molecule has 0 atom stereocenters. The van der Waals surface area contributed by atoms with Gasteiger partial charge in [-0.2, -0.15) is 0 Å². The number of anilines is 1. The first kappa shape index (κ1) is 18.7. The maximum absolute atomic E-state index is 12.1. The molecule has 0 aliphatic rings. The highest BCUT2D eigenvalue weighted by Gasteiger charge is 2.15. The van der Waals surface area contributed by atoms with Crippen molar-refractivity contribution in [1.29, 1.82) is 0 Å². The van der Waals surface area contributed by atoms with E-state index < -0.39 is 21.7 Å². The smallest absolute Gasteiger partial charge is 0.337 e. The lowest BCUT2D eigenvalue weighted by Crippen LogP contribution is -2.18. The summed E-state index contributed by atoms with van der Waals surface area (Å²) in [5.74, 6) is -1.18. The summed E-state index contributed by atoms with van der Waals surface area (Å²) in [6.07, 6.45) is -0.131. The fraction of sp³-hybridized carbons (Fsp3) is 0.222. The Morgan fingerprint density at radius 1 is 1.00 bits per heavy atom. The molecule has 0 aliphatic heterocycles. The molecule has 7 heteroatoms. The van der Waals surface area contributed by atoms with E-state index in [1.54, 1.807) is 36.4 Å². The molecule has 0 heterocycles. The molecule has 0 unspecified atom stereocenters. The second kappa shape index (κ2) is 8.43. The zero-order valence-corrected chi connectivity index (χ0v) is 14.6. The summed E-state index contributed by atoms with van der Waals surface area (Å²) < 4.78 is 28.7. The predicted octanol–water partition coefficient (Wildman–Crippen LogP) is 2.42. The van der Waals surface area contributed by atoms with Crippen LogP contribution in [0.3, 0.4) is 0 Å². The molecule has 0 fully saturated rings. The highest BCUT2D eigenvalue weighted by Crippen LogP contribution is 2.12. The predicted molar refractivity (Wildman–Crippen MR) is 95.0 cm³/mol. The Labute approximate surface area is 146 Å². The van der Waals surface area contributed by atoms with E-state index in [0.29, 0.717) is 16.8 Å². The minimum absolute atomic E-state index is 0.0883. The summed E-state index contributed by atoms with van der Waals surface area (Å²) in [6.45, 7) is 0. The molecule has 0 radical (unpaired) electrons. The van der Waals surface area contributed by atoms with Crippen LogP contribution in [-0.2, 0) is 25.1 Å². The number of carbonyl (C=O) groups excluding carboxylic acids is 2. The summed E-state index contributed by atoms with van der Waals surface area (Å²) in [4.78, 5) is 23.3. The zero-order valence-electron chi connectivity index (χ0n) is 13.8. The summed E-state index contributed by atoms with van der Waals surface area (Å²) >= 11 is 0. The van der Waals surface area contributed by atoms with E-state index in [-0.39, 0.29) is 17.9 Å². The van der Waals surface area contributed by atoms with E-state index in [2.05, 4.69) is 10.1 Å². The highest BCUT2D eigenvalue weighted by molar-refractivity contribution is 7.90. The van der Waals surface area contributed by atoms with Crippen LogP contribution in [0.4, 0.5) is 5.69 Å². The summed E-state index contributed by atoms with van der Waals surface area (Å²) in [5.41, 5.74) is 1.55. The number of ether oxygens (including phenoxy) is 1. The van der Waals surface area contributed by atoms with Gasteiger partial charge in [0.15, 0.2) is 9.84 Å². The van der Waals surface area contributed by atoms with E-state index in [4.69, 9.17) is 0 Å². The first-order valence-corrected chi connectivity index (χ1v) is 9.44. The minimum Gasteiger partial charge on any atom is -0.465 e. The lowest BCUT2D eigenvalue weighted by Gasteiger charge is -2.07. The van der Waals surface area contributed by atoms with Gasteiger partial charge in [-0.05, 0) is 29.8 Å². The molecule has 132 valence electrons. The molecule has 2 aromatic rings. The molecule has 0 aliphatic carbocycles. The molecule has 0 saturated carbocycles. The first-order chi connectivity index (χ1) is 11.9. The Morgan fingerprint density at radius 2 is 1.64 bits per heavy atom. The van der Waals surface area contributed by atoms with Gasteiger partial charge in [-0.1, -0.05) is 30.3 Å². The Balaban J connectivity index is 1.86. The molecule has 2 aromatic carbocycles. The van der Waals surface area contributed by atoms with Crippen molar-refractivity contribution in [2.24, 2.45) is 0 Å². The second-order valence-electron chi connectivity index (χ2n) is 5.44. The largest absolute Gasteiger partial charge is 0.465 e. The van der Waals surface area contributed by atoms with Gasteiger partial charge >= 0.3 is 5.97 Å². The third-order valence-corrected chi connectivity index (χ3v) is 5.06. The second-order valence-corrected chi connectivity index (χ2v) is 7.63. The van der Waals surface area contributed by atoms with E-state index in [1.807, 2.05) is 6.07 Å². The Morgan fingerprint density at radius 3 is 2.24 bits per heavy atom. The van der Waals surface area contributed by atoms with Crippen molar-refractivity contribution in [3.8, 4) is 0 Å². The molecular weight excluding hydrogens is 342 g/mol. The van der Waals surface area contributed by atoms with Crippen molar-refractivity contribution < 1.29 is 22.7 Å². The van der Waals surface area contributed by atoms with Gasteiger partial charge in [0.2, 0.25) is 5.91 Å². The van der Waals surface area contributed by atoms with Crippen molar-refractivity contribution in [3.63, 3.8) is 0 Å². The zero-order chi connectivity index (χ0) is 18.3. The Hall–Kier alpha value is -2.67. The van der Waals surface area contributed by atoms with Crippen LogP contribution in [0.2, 0.25) is 0 Å². The van der Waals surface area contributed by atoms with Crippen LogP contribution in [0.25, 0.3) is 0 Å². The van der Waals surface area contributed by atoms with Crippen LogP contribution < -0.4 is 5.32 Å². The SMILES string of the molecule is COC(=O)c1ccc(NC(=O)CCS(=O)(=O)Cc2ccccc2)cc1. The van der Waals surface area contributed by atoms with Gasteiger partial charge in [0.05, 0.1) is 24.2 Å². The van der Waals surface area contributed by atoms with Gasteiger partial charge in [-0.25, -0.2) is 13.2 Å². The fourth-order valence-electron chi connectivity index (χ4n) is 2.18. The maximum atomic E-state index is 12.1. The number of amides is 1. The average molecular weight is 361 g/mol. The molecule has 0 aromatic heterocycles. The quantitative estimate of drug-likeness (QED) is 0.765. The van der Waals surface area contributed by atoms with Gasteiger partial charge < -0.3 is 10.1 Å². The van der Waals surface area contributed by atoms with Crippen molar-refractivity contribution in [1.82, 2.24) is 0 Å². The van der Waals surface area contributed by atoms with Crippen molar-refractivity contribution in [2.45, 2.75) is 12.2 Å². The van der Waals surface area contributed by atoms with Gasteiger partial charge in [0, 0.05) is 12.1 Å². The lowest BCUT2D eigenvalue weighted by atomic mass is 10.2. The fourth-order valence-corrected chi connectivity index (χ4v) is 3.52. The van der Waals surface area contributed by atoms with Gasteiger partial charge in [0.25, 0.3) is 0 Å². The van der Waals surface area contributed by atoms with E-state index in [0.717, 1.165) is 0 Å². The number of carbonyl (C=O) groups is 2. The van der Waals surface area contributed by atoms with Crippen molar-refractivity contribution in [3.05, 3.63) is 65.7 Å². The molecule has 0 saturated heterocycles. The number of benzene rings is 2. The van der Waals surface area contributed by atoms with Crippen LogP contribution in [-0.4, -0.2) is 33.2 Å². The Kier molecular flexibility index (Phi) is 6.30. The number of rotatable bonds is 7. The normalized spacial score (nSPS) is 10.9. The van der Waals surface area contributed by atoms with Crippen LogP contribution in [0, 0.1) is 0 Å². The topological polar surface area (TPSA) is 89.5 Å². The molecular formula is C18H19NO5S.